The number of alkyl halides is 1. The molecule has 0 N–H and O–H groups in total. The van der Waals surface area contributed by atoms with Crippen LogP contribution in [0.2, 0.25) is 0 Å². The fraction of sp³-hybridized carbons (Fsp3) is 0.571. The number of anilines is 1. The molecule has 1 rings (SSSR count). The molecule has 3 nitrogen and oxygen atoms in total. The lowest BCUT2D eigenvalue weighted by Gasteiger charge is -2.26. The lowest BCUT2D eigenvalue weighted by molar-refractivity contribution is 0.596. The van der Waals surface area contributed by atoms with Crippen molar-refractivity contribution in [1.82, 2.24) is 0 Å². The van der Waals surface area contributed by atoms with E-state index in [0.717, 1.165) is 25.1 Å². The van der Waals surface area contributed by atoms with Crippen LogP contribution in [0.1, 0.15) is 26.7 Å². The number of hydrogen-bond acceptors (Lipinski definition) is 3. The van der Waals surface area contributed by atoms with Crippen LogP contribution >= 0.6 is 11.6 Å². The topological polar surface area (TPSA) is 37.4 Å². The summed E-state index contributed by atoms with van der Waals surface area (Å²) in [5.74, 6) is 0.608. The van der Waals surface area contributed by atoms with Gasteiger partial charge in [-0.05, 0) is 18.6 Å². The predicted molar refractivity (Wildman–Crippen MR) is 82.0 cm³/mol. The van der Waals surface area contributed by atoms with E-state index in [0.29, 0.717) is 17.3 Å². The molecule has 0 aliphatic heterocycles. The minimum atomic E-state index is -3.20. The van der Waals surface area contributed by atoms with Gasteiger partial charge in [0.15, 0.2) is 9.84 Å². The number of hydrogen-bond donors (Lipinski definition) is 0. The first-order valence-corrected chi connectivity index (χ1v) is 8.88. The standard InChI is InChI=1S/C14H22ClNO2S/c1-3-5-11-16(12-10-15)13-8-6-7-9-14(13)19(17,18)4-2/h6-9H,3-5,10-12H2,1-2H3. The number of rotatable bonds is 8. The van der Waals surface area contributed by atoms with Crippen molar-refractivity contribution in [3.63, 3.8) is 0 Å². The fourth-order valence-corrected chi connectivity index (χ4v) is 3.26. The zero-order chi connectivity index (χ0) is 14.3. The summed E-state index contributed by atoms with van der Waals surface area (Å²) in [4.78, 5) is 2.48. The molecule has 19 heavy (non-hydrogen) atoms. The third-order valence-electron chi connectivity index (χ3n) is 3.06. The molecule has 0 heterocycles. The van der Waals surface area contributed by atoms with Crippen molar-refractivity contribution >= 4 is 27.1 Å². The smallest absolute Gasteiger partial charge is 0.180 e. The van der Waals surface area contributed by atoms with E-state index < -0.39 is 9.84 Å². The van der Waals surface area contributed by atoms with Gasteiger partial charge in [0.25, 0.3) is 0 Å². The third-order valence-corrected chi connectivity index (χ3v) is 5.00. The van der Waals surface area contributed by atoms with Crippen molar-refractivity contribution in [2.24, 2.45) is 0 Å². The van der Waals surface area contributed by atoms with Crippen LogP contribution in [0.4, 0.5) is 5.69 Å². The highest BCUT2D eigenvalue weighted by Crippen LogP contribution is 2.26. The van der Waals surface area contributed by atoms with E-state index in [1.165, 1.54) is 0 Å². The van der Waals surface area contributed by atoms with Crippen LogP contribution in [0, 0.1) is 0 Å². The minimum absolute atomic E-state index is 0.118. The molecule has 0 fully saturated rings. The Bertz CT molecular complexity index is 488. The molecule has 0 atom stereocenters. The maximum absolute atomic E-state index is 12.1. The quantitative estimate of drug-likeness (QED) is 0.691. The molecule has 1 aromatic carbocycles. The minimum Gasteiger partial charge on any atom is -0.369 e. The average Bonchev–Trinajstić information content (AvgIpc) is 2.43. The first kappa shape index (κ1) is 16.3. The maximum Gasteiger partial charge on any atom is 0.180 e. The molecule has 108 valence electrons. The van der Waals surface area contributed by atoms with Gasteiger partial charge in [-0.15, -0.1) is 11.6 Å². The van der Waals surface area contributed by atoms with Gasteiger partial charge in [-0.2, -0.15) is 0 Å². The Hall–Kier alpha value is -0.740. The van der Waals surface area contributed by atoms with E-state index >= 15 is 0 Å². The van der Waals surface area contributed by atoms with Crippen molar-refractivity contribution in [1.29, 1.82) is 0 Å². The molecule has 0 saturated heterocycles. The Kier molecular flexibility index (Phi) is 6.66. The number of halogens is 1. The van der Waals surface area contributed by atoms with Crippen LogP contribution in [0.5, 0.6) is 0 Å². The van der Waals surface area contributed by atoms with Gasteiger partial charge < -0.3 is 4.90 Å². The van der Waals surface area contributed by atoms with Crippen LogP contribution in [0.25, 0.3) is 0 Å². The monoisotopic (exact) mass is 303 g/mol. The molecular weight excluding hydrogens is 282 g/mol. The van der Waals surface area contributed by atoms with E-state index in [1.807, 2.05) is 12.1 Å². The first-order chi connectivity index (χ1) is 9.06. The van der Waals surface area contributed by atoms with E-state index in [1.54, 1.807) is 19.1 Å². The van der Waals surface area contributed by atoms with Gasteiger partial charge >= 0.3 is 0 Å². The highest BCUT2D eigenvalue weighted by molar-refractivity contribution is 7.91. The second-order valence-electron chi connectivity index (χ2n) is 4.40. The summed E-state index contributed by atoms with van der Waals surface area (Å²) in [6, 6.07) is 7.19. The number of sulfone groups is 1. The molecule has 0 aliphatic carbocycles. The second kappa shape index (κ2) is 7.75. The summed E-state index contributed by atoms with van der Waals surface area (Å²) in [6.45, 7) is 5.29. The average molecular weight is 304 g/mol. The lowest BCUT2D eigenvalue weighted by atomic mass is 10.2. The van der Waals surface area contributed by atoms with E-state index in [2.05, 4.69) is 11.8 Å². The Labute approximate surface area is 121 Å². The number of nitrogens with zero attached hydrogens (tertiary/aromatic N) is 1. The third kappa shape index (κ3) is 4.39. The molecular formula is C14H22ClNO2S. The summed E-state index contributed by atoms with van der Waals surface area (Å²) < 4.78 is 24.3. The highest BCUT2D eigenvalue weighted by atomic mass is 35.5. The van der Waals surface area contributed by atoms with Crippen molar-refractivity contribution in [2.45, 2.75) is 31.6 Å². The summed E-state index contributed by atoms with van der Waals surface area (Å²) >= 11 is 5.83. The van der Waals surface area contributed by atoms with Gasteiger partial charge in [-0.1, -0.05) is 32.4 Å². The van der Waals surface area contributed by atoms with Crippen LogP contribution < -0.4 is 4.90 Å². The molecule has 0 spiro atoms. The largest absolute Gasteiger partial charge is 0.369 e. The second-order valence-corrected chi connectivity index (χ2v) is 7.03. The lowest BCUT2D eigenvalue weighted by Crippen LogP contribution is -2.28. The van der Waals surface area contributed by atoms with E-state index in [4.69, 9.17) is 11.6 Å². The maximum atomic E-state index is 12.1. The Morgan fingerprint density at radius 3 is 2.42 bits per heavy atom. The highest BCUT2D eigenvalue weighted by Gasteiger charge is 2.19. The normalized spacial score (nSPS) is 11.5. The Balaban J connectivity index is 3.15. The molecule has 0 saturated carbocycles. The van der Waals surface area contributed by atoms with Gasteiger partial charge in [0.2, 0.25) is 0 Å². The Morgan fingerprint density at radius 1 is 1.16 bits per heavy atom. The molecule has 0 unspecified atom stereocenters. The molecule has 0 radical (unpaired) electrons. The molecule has 5 heteroatoms. The SMILES string of the molecule is CCCCN(CCCl)c1ccccc1S(=O)(=O)CC. The van der Waals surface area contributed by atoms with Gasteiger partial charge in [-0.3, -0.25) is 0 Å². The zero-order valence-corrected chi connectivity index (χ0v) is 13.2. The molecule has 0 bridgehead atoms. The molecule has 1 aromatic rings. The van der Waals surface area contributed by atoms with Crippen molar-refractivity contribution in [3.05, 3.63) is 24.3 Å². The summed E-state index contributed by atoms with van der Waals surface area (Å²) in [7, 11) is -3.20. The van der Waals surface area contributed by atoms with Crippen LogP contribution in [-0.2, 0) is 9.84 Å². The number of benzene rings is 1. The van der Waals surface area contributed by atoms with Gasteiger partial charge in [0.05, 0.1) is 16.3 Å². The van der Waals surface area contributed by atoms with Crippen molar-refractivity contribution in [3.8, 4) is 0 Å². The first-order valence-electron chi connectivity index (χ1n) is 6.69. The zero-order valence-electron chi connectivity index (χ0n) is 11.6. The van der Waals surface area contributed by atoms with Gasteiger partial charge in [0, 0.05) is 19.0 Å². The number of unbranched alkanes of at least 4 members (excludes halogenated alkanes) is 1. The summed E-state index contributed by atoms with van der Waals surface area (Å²) in [5, 5.41) is 0. The van der Waals surface area contributed by atoms with E-state index in [9.17, 15) is 8.42 Å². The van der Waals surface area contributed by atoms with Crippen LogP contribution in [0.3, 0.4) is 0 Å². The number of para-hydroxylation sites is 1. The van der Waals surface area contributed by atoms with Gasteiger partial charge in [0.1, 0.15) is 0 Å². The van der Waals surface area contributed by atoms with Crippen LogP contribution in [0.15, 0.2) is 29.2 Å². The molecule has 0 amide bonds. The van der Waals surface area contributed by atoms with Gasteiger partial charge in [-0.25, -0.2) is 8.42 Å². The summed E-state index contributed by atoms with van der Waals surface area (Å²) in [5.41, 5.74) is 0.776. The van der Waals surface area contributed by atoms with Crippen molar-refractivity contribution in [2.75, 3.05) is 29.6 Å². The fourth-order valence-electron chi connectivity index (χ4n) is 1.94. The molecule has 0 aromatic heterocycles. The van der Waals surface area contributed by atoms with Crippen LogP contribution in [-0.4, -0.2) is 33.1 Å². The predicted octanol–water partition coefficient (Wildman–Crippen LogP) is 3.33. The summed E-state index contributed by atoms with van der Waals surface area (Å²) in [6.07, 6.45) is 2.10. The Morgan fingerprint density at radius 2 is 1.84 bits per heavy atom. The van der Waals surface area contributed by atoms with Crippen molar-refractivity contribution < 1.29 is 8.42 Å². The van der Waals surface area contributed by atoms with E-state index in [-0.39, 0.29) is 5.75 Å². The molecule has 0 aliphatic rings.